The van der Waals surface area contributed by atoms with Crippen LogP contribution in [0.25, 0.3) is 0 Å². The van der Waals surface area contributed by atoms with Gasteiger partial charge in [-0.15, -0.1) is 0 Å². The maximum Gasteiger partial charge on any atom is 0.312 e. The van der Waals surface area contributed by atoms with Crippen molar-refractivity contribution < 1.29 is 23.9 Å². The van der Waals surface area contributed by atoms with Crippen molar-refractivity contribution in [3.8, 4) is 0 Å². The molecular weight excluding hydrogens is 396 g/mol. The molecule has 0 spiro atoms. The third-order valence-electron chi connectivity index (χ3n) is 5.81. The number of ketones is 2. The lowest BCUT2D eigenvalue weighted by molar-refractivity contribution is -0.151. The van der Waals surface area contributed by atoms with Crippen molar-refractivity contribution in [1.29, 1.82) is 0 Å². The fraction of sp³-hybridized carbons (Fsp3) is 0.417. The minimum Gasteiger partial charge on any atom is -0.454 e. The maximum absolute atomic E-state index is 12.8. The minimum absolute atomic E-state index is 0.0460. The van der Waals surface area contributed by atoms with Gasteiger partial charge in [-0.25, -0.2) is 0 Å². The van der Waals surface area contributed by atoms with E-state index in [2.05, 4.69) is 11.9 Å². The van der Waals surface area contributed by atoms with E-state index in [-0.39, 0.29) is 30.3 Å². The molecule has 1 aliphatic heterocycles. The highest BCUT2D eigenvalue weighted by Gasteiger charge is 2.37. The Labute approximate surface area is 181 Å². The molecule has 164 valence electrons. The van der Waals surface area contributed by atoms with E-state index >= 15 is 0 Å². The second kappa shape index (κ2) is 8.88. The maximum atomic E-state index is 12.8. The average Bonchev–Trinajstić information content (AvgIpc) is 3.26. The average molecular weight is 424 g/mol. The van der Waals surface area contributed by atoms with E-state index in [1.807, 2.05) is 24.3 Å². The van der Waals surface area contributed by atoms with E-state index < -0.39 is 23.8 Å². The van der Waals surface area contributed by atoms with Crippen LogP contribution in [-0.4, -0.2) is 41.1 Å². The van der Waals surface area contributed by atoms with Crippen LogP contribution in [0.5, 0.6) is 0 Å². The number of benzene rings is 1. The van der Waals surface area contributed by atoms with E-state index in [4.69, 9.17) is 4.74 Å². The van der Waals surface area contributed by atoms with Crippen molar-refractivity contribution in [2.75, 3.05) is 11.4 Å². The van der Waals surface area contributed by atoms with Crippen molar-refractivity contribution >= 4 is 29.1 Å². The first-order chi connectivity index (χ1) is 14.6. The Kier molecular flexibility index (Phi) is 6.43. The first-order valence-electron chi connectivity index (χ1n) is 10.5. The Morgan fingerprint density at radius 1 is 1.19 bits per heavy atom. The van der Waals surface area contributed by atoms with Crippen LogP contribution in [0.4, 0.5) is 5.69 Å². The smallest absolute Gasteiger partial charge is 0.312 e. The molecule has 7 heteroatoms. The lowest BCUT2D eigenvalue weighted by atomic mass is 10.0. The molecule has 1 amide bonds. The predicted molar refractivity (Wildman–Crippen MR) is 116 cm³/mol. The molecule has 1 aromatic carbocycles. The summed E-state index contributed by atoms with van der Waals surface area (Å²) in [6.07, 6.45) is -0.0789. The Morgan fingerprint density at radius 2 is 1.84 bits per heavy atom. The monoisotopic (exact) mass is 424 g/mol. The van der Waals surface area contributed by atoms with E-state index in [9.17, 15) is 19.2 Å². The number of nitrogens with zero attached hydrogens (tertiary/aromatic N) is 1. The van der Waals surface area contributed by atoms with Crippen molar-refractivity contribution in [2.24, 2.45) is 5.92 Å². The number of rotatable bonds is 7. The van der Waals surface area contributed by atoms with Crippen LogP contribution in [0.2, 0.25) is 0 Å². The quantitative estimate of drug-likeness (QED) is 0.541. The van der Waals surface area contributed by atoms with E-state index in [1.54, 1.807) is 18.7 Å². The highest BCUT2D eigenvalue weighted by Crippen LogP contribution is 2.27. The third kappa shape index (κ3) is 4.45. The zero-order valence-corrected chi connectivity index (χ0v) is 18.6. The molecule has 31 heavy (non-hydrogen) atoms. The summed E-state index contributed by atoms with van der Waals surface area (Å²) in [4.78, 5) is 54.3. The fourth-order valence-electron chi connectivity index (χ4n) is 4.08. The normalized spacial score (nSPS) is 17.0. The van der Waals surface area contributed by atoms with Crippen LogP contribution in [0, 0.1) is 19.8 Å². The van der Waals surface area contributed by atoms with Gasteiger partial charge in [0.25, 0.3) is 0 Å². The minimum atomic E-state index is -1.03. The predicted octanol–water partition coefficient (Wildman–Crippen LogP) is 3.56. The molecule has 0 radical (unpaired) electrons. The van der Waals surface area contributed by atoms with Crippen LogP contribution >= 0.6 is 0 Å². The number of hydrogen-bond acceptors (Lipinski definition) is 5. The van der Waals surface area contributed by atoms with Crippen LogP contribution in [0.3, 0.4) is 0 Å². The summed E-state index contributed by atoms with van der Waals surface area (Å²) >= 11 is 0. The van der Waals surface area contributed by atoms with Gasteiger partial charge in [0.1, 0.15) is 0 Å². The number of anilines is 1. The number of Topliss-reactive ketones (excluding diaryl/α,β-unsaturated/α-hetero) is 2. The third-order valence-corrected chi connectivity index (χ3v) is 5.81. The topological polar surface area (TPSA) is 96.5 Å². The summed E-state index contributed by atoms with van der Waals surface area (Å²) in [7, 11) is 0. The Balaban J connectivity index is 1.67. The molecule has 0 bridgehead atoms. The molecule has 7 nitrogen and oxygen atoms in total. The molecule has 1 N–H and O–H groups in total. The van der Waals surface area contributed by atoms with Crippen LogP contribution < -0.4 is 4.90 Å². The van der Waals surface area contributed by atoms with Crippen molar-refractivity contribution in [2.45, 2.75) is 53.6 Å². The van der Waals surface area contributed by atoms with Gasteiger partial charge >= 0.3 is 5.97 Å². The molecule has 1 fully saturated rings. The molecule has 2 heterocycles. The molecule has 0 unspecified atom stereocenters. The summed E-state index contributed by atoms with van der Waals surface area (Å²) in [5.74, 6) is -1.89. The highest BCUT2D eigenvalue weighted by molar-refractivity contribution is 6.05. The van der Waals surface area contributed by atoms with Gasteiger partial charge in [0.2, 0.25) is 11.7 Å². The van der Waals surface area contributed by atoms with Gasteiger partial charge in [0.15, 0.2) is 11.9 Å². The van der Waals surface area contributed by atoms with Gasteiger partial charge in [-0.05, 0) is 57.4 Å². The zero-order valence-electron chi connectivity index (χ0n) is 18.6. The molecule has 0 saturated carbocycles. The molecular formula is C24H28N2O5. The fourth-order valence-corrected chi connectivity index (χ4v) is 4.08. The van der Waals surface area contributed by atoms with E-state index in [0.29, 0.717) is 16.8 Å². The molecule has 0 aliphatic carbocycles. The second-order valence-electron chi connectivity index (χ2n) is 8.05. The largest absolute Gasteiger partial charge is 0.454 e. The molecule has 1 aliphatic rings. The van der Waals surface area contributed by atoms with Gasteiger partial charge in [0.05, 0.1) is 11.6 Å². The summed E-state index contributed by atoms with van der Waals surface area (Å²) in [5.41, 5.74) is 3.82. The molecule has 1 saturated heterocycles. The van der Waals surface area contributed by atoms with Crippen molar-refractivity contribution in [3.05, 3.63) is 52.3 Å². The number of aromatic amines is 1. The number of hydrogen-bond donors (Lipinski definition) is 1. The molecule has 2 atom stereocenters. The number of carbonyl (C=O) groups excluding carboxylic acids is 4. The molecule has 3 rings (SSSR count). The number of esters is 1. The summed E-state index contributed by atoms with van der Waals surface area (Å²) in [6.45, 7) is 8.64. The lowest BCUT2D eigenvalue weighted by Crippen LogP contribution is -2.30. The molecule has 1 aromatic heterocycles. The Bertz CT molecular complexity index is 1030. The highest BCUT2D eigenvalue weighted by atomic mass is 16.5. The summed E-state index contributed by atoms with van der Waals surface area (Å²) in [5, 5.41) is 0. The number of aromatic nitrogens is 1. The molecule has 2 aromatic rings. The van der Waals surface area contributed by atoms with Crippen LogP contribution in [0.1, 0.15) is 64.9 Å². The lowest BCUT2D eigenvalue weighted by Gasteiger charge is -2.18. The van der Waals surface area contributed by atoms with Crippen LogP contribution in [-0.2, 0) is 20.7 Å². The van der Waals surface area contributed by atoms with Gasteiger partial charge in [-0.1, -0.05) is 19.1 Å². The Hall–Kier alpha value is -3.22. The van der Waals surface area contributed by atoms with E-state index in [1.165, 1.54) is 19.4 Å². The number of carbonyl (C=O) groups is 4. The first kappa shape index (κ1) is 22.5. The van der Waals surface area contributed by atoms with Gasteiger partial charge in [-0.2, -0.15) is 0 Å². The number of amides is 1. The number of nitrogens with one attached hydrogen (secondary N) is 1. The second-order valence-corrected chi connectivity index (χ2v) is 8.05. The van der Waals surface area contributed by atoms with Crippen LogP contribution in [0.15, 0.2) is 24.3 Å². The van der Waals surface area contributed by atoms with Gasteiger partial charge < -0.3 is 14.6 Å². The number of H-pyrrole nitrogens is 1. The first-order valence-corrected chi connectivity index (χ1v) is 10.5. The zero-order chi connectivity index (χ0) is 22.9. The number of aryl methyl sites for hydroxylation is 2. The van der Waals surface area contributed by atoms with Crippen molar-refractivity contribution in [1.82, 2.24) is 4.98 Å². The summed E-state index contributed by atoms with van der Waals surface area (Å²) < 4.78 is 5.41. The van der Waals surface area contributed by atoms with Crippen molar-refractivity contribution in [3.63, 3.8) is 0 Å². The van der Waals surface area contributed by atoms with E-state index in [0.717, 1.165) is 12.1 Å². The standard InChI is InChI=1S/C24H28N2O5/c1-6-17-7-9-19(10-8-17)26-12-18(11-20(26)28)24(30)31-16(5)23(29)22-13(2)21(15(4)27)14(3)25-22/h7-10,16,18,25H,6,11-12H2,1-5H3/t16-,18+/m1/s1. The summed E-state index contributed by atoms with van der Waals surface area (Å²) in [6, 6.07) is 7.68. The van der Waals surface area contributed by atoms with Gasteiger partial charge in [-0.3, -0.25) is 19.2 Å². The number of ether oxygens (including phenoxy) is 1. The Morgan fingerprint density at radius 3 is 2.39 bits per heavy atom. The van der Waals surface area contributed by atoms with Gasteiger partial charge in [0, 0.05) is 29.9 Å². The SMILES string of the molecule is CCc1ccc(N2C[C@@H](C(=O)O[C@H](C)C(=O)c3[nH]c(C)c(C(C)=O)c3C)CC2=O)cc1.